The van der Waals surface area contributed by atoms with E-state index in [0.29, 0.717) is 12.5 Å². The van der Waals surface area contributed by atoms with Crippen molar-refractivity contribution in [2.45, 2.75) is 19.3 Å². The Hall–Kier alpha value is -1.26. The summed E-state index contributed by atoms with van der Waals surface area (Å²) in [7, 11) is 0. The minimum absolute atomic E-state index is 0.599. The Morgan fingerprint density at radius 2 is 2.07 bits per heavy atom. The minimum atomic E-state index is 0.599. The highest BCUT2D eigenvalue weighted by Crippen LogP contribution is 2.17. The van der Waals surface area contributed by atoms with Crippen molar-refractivity contribution in [1.29, 1.82) is 0 Å². The van der Waals surface area contributed by atoms with Gasteiger partial charge in [0.25, 0.3) is 0 Å². The van der Waals surface area contributed by atoms with Crippen LogP contribution in [0.15, 0.2) is 30.3 Å². The molecule has 0 aliphatic heterocycles. The molecule has 0 radical (unpaired) electrons. The molecule has 0 aromatic heterocycles. The van der Waals surface area contributed by atoms with Gasteiger partial charge in [-0.1, -0.05) is 43.2 Å². The van der Waals surface area contributed by atoms with E-state index < -0.39 is 0 Å². The zero-order chi connectivity index (χ0) is 10.2. The van der Waals surface area contributed by atoms with Gasteiger partial charge < -0.3 is 5.32 Å². The summed E-state index contributed by atoms with van der Waals surface area (Å²) in [6.07, 6.45) is 6.27. The molecule has 0 fully saturated rings. The summed E-state index contributed by atoms with van der Waals surface area (Å²) < 4.78 is 0. The summed E-state index contributed by atoms with van der Waals surface area (Å²) in [4.78, 5) is 0. The lowest BCUT2D eigenvalue weighted by Crippen LogP contribution is -2.16. The van der Waals surface area contributed by atoms with Crippen molar-refractivity contribution >= 4 is 0 Å². The lowest BCUT2D eigenvalue weighted by atomic mass is 9.98. The van der Waals surface area contributed by atoms with Crippen LogP contribution in [0.2, 0.25) is 0 Å². The Bertz CT molecular complexity index is 284. The smallest absolute Gasteiger partial charge is 0.0573 e. The van der Waals surface area contributed by atoms with E-state index >= 15 is 0 Å². The number of hydrogen-bond acceptors (Lipinski definition) is 1. The van der Waals surface area contributed by atoms with Crippen molar-refractivity contribution in [1.82, 2.24) is 5.32 Å². The Labute approximate surface area is 86.5 Å². The van der Waals surface area contributed by atoms with Crippen molar-refractivity contribution in [3.63, 3.8) is 0 Å². The second-order valence-corrected chi connectivity index (χ2v) is 3.48. The summed E-state index contributed by atoms with van der Waals surface area (Å²) in [6, 6.07) is 10.6. The third-order valence-corrected chi connectivity index (χ3v) is 2.35. The second kappa shape index (κ2) is 6.23. The van der Waals surface area contributed by atoms with Crippen molar-refractivity contribution in [3.8, 4) is 12.3 Å². The Morgan fingerprint density at radius 3 is 2.71 bits per heavy atom. The Kier molecular flexibility index (Phi) is 4.82. The topological polar surface area (TPSA) is 12.0 Å². The molecule has 74 valence electrons. The molecular weight excluding hydrogens is 170 g/mol. The first-order chi connectivity index (χ1) is 6.84. The summed E-state index contributed by atoms with van der Waals surface area (Å²) in [5, 5.41) is 3.20. The molecule has 1 rings (SSSR count). The zero-order valence-electron chi connectivity index (χ0n) is 8.66. The van der Waals surface area contributed by atoms with Crippen LogP contribution in [0.5, 0.6) is 0 Å². The number of hydrogen-bond donors (Lipinski definition) is 1. The second-order valence-electron chi connectivity index (χ2n) is 3.48. The number of nitrogens with one attached hydrogen (secondary N) is 1. The van der Waals surface area contributed by atoms with E-state index in [4.69, 9.17) is 6.42 Å². The number of terminal acetylenes is 1. The quantitative estimate of drug-likeness (QED) is 0.551. The highest BCUT2D eigenvalue weighted by atomic mass is 14.8. The van der Waals surface area contributed by atoms with Gasteiger partial charge in [0.05, 0.1) is 6.54 Å². The van der Waals surface area contributed by atoms with Crippen LogP contribution < -0.4 is 5.32 Å². The van der Waals surface area contributed by atoms with Gasteiger partial charge in [0.1, 0.15) is 0 Å². The van der Waals surface area contributed by atoms with Crippen LogP contribution in [-0.2, 0) is 0 Å². The van der Waals surface area contributed by atoms with Crippen LogP contribution in [0.3, 0.4) is 0 Å². The molecule has 1 aromatic carbocycles. The van der Waals surface area contributed by atoms with Crippen LogP contribution in [0, 0.1) is 12.3 Å². The predicted molar refractivity (Wildman–Crippen MR) is 61.2 cm³/mol. The molecule has 0 amide bonds. The molecule has 1 nitrogen and oxygen atoms in total. The average molecular weight is 187 g/mol. The highest BCUT2D eigenvalue weighted by Gasteiger charge is 2.02. The largest absolute Gasteiger partial charge is 0.306 e. The fourth-order valence-corrected chi connectivity index (χ4v) is 1.43. The summed E-state index contributed by atoms with van der Waals surface area (Å²) in [5.41, 5.74) is 1.40. The maximum Gasteiger partial charge on any atom is 0.0573 e. The van der Waals surface area contributed by atoms with Gasteiger partial charge in [0.15, 0.2) is 0 Å². The third kappa shape index (κ3) is 3.64. The van der Waals surface area contributed by atoms with Crippen molar-refractivity contribution in [3.05, 3.63) is 35.9 Å². The SMILES string of the molecule is C#CCNCCC(C)c1ccccc1. The molecule has 14 heavy (non-hydrogen) atoms. The molecule has 0 heterocycles. The molecule has 0 saturated heterocycles. The van der Waals surface area contributed by atoms with Gasteiger partial charge in [-0.15, -0.1) is 6.42 Å². The van der Waals surface area contributed by atoms with E-state index in [2.05, 4.69) is 42.4 Å². The molecule has 1 N–H and O–H groups in total. The minimum Gasteiger partial charge on any atom is -0.306 e. The van der Waals surface area contributed by atoms with Gasteiger partial charge in [0.2, 0.25) is 0 Å². The lowest BCUT2D eigenvalue weighted by molar-refractivity contribution is 0.622. The van der Waals surface area contributed by atoms with Gasteiger partial charge in [-0.05, 0) is 24.4 Å². The number of benzene rings is 1. The van der Waals surface area contributed by atoms with Crippen LogP contribution in [0.25, 0.3) is 0 Å². The van der Waals surface area contributed by atoms with Crippen LogP contribution >= 0.6 is 0 Å². The molecular formula is C13H17N. The van der Waals surface area contributed by atoms with Gasteiger partial charge in [0, 0.05) is 0 Å². The standard InChI is InChI=1S/C13H17N/c1-3-10-14-11-9-12(2)13-7-5-4-6-8-13/h1,4-8,12,14H,9-11H2,2H3. The van der Waals surface area contributed by atoms with Crippen molar-refractivity contribution < 1.29 is 0 Å². The number of rotatable bonds is 5. The summed E-state index contributed by atoms with van der Waals surface area (Å²) in [6.45, 7) is 3.90. The van der Waals surface area contributed by atoms with E-state index in [0.717, 1.165) is 13.0 Å². The average Bonchev–Trinajstić information content (AvgIpc) is 2.25. The van der Waals surface area contributed by atoms with Crippen LogP contribution in [0.4, 0.5) is 0 Å². The molecule has 1 aromatic rings. The molecule has 0 aliphatic carbocycles. The molecule has 0 aliphatic rings. The normalized spacial score (nSPS) is 12.0. The Balaban J connectivity index is 2.29. The molecule has 1 atom stereocenters. The first kappa shape index (κ1) is 10.8. The molecule has 0 spiro atoms. The monoisotopic (exact) mass is 187 g/mol. The fraction of sp³-hybridized carbons (Fsp3) is 0.385. The maximum absolute atomic E-state index is 5.14. The lowest BCUT2D eigenvalue weighted by Gasteiger charge is -2.11. The zero-order valence-corrected chi connectivity index (χ0v) is 8.66. The summed E-state index contributed by atoms with van der Waals surface area (Å²) >= 11 is 0. The van der Waals surface area contributed by atoms with E-state index in [1.54, 1.807) is 0 Å². The maximum atomic E-state index is 5.14. The predicted octanol–water partition coefficient (Wildman–Crippen LogP) is 2.40. The van der Waals surface area contributed by atoms with Gasteiger partial charge in [-0.3, -0.25) is 0 Å². The van der Waals surface area contributed by atoms with Crippen molar-refractivity contribution in [2.24, 2.45) is 0 Å². The van der Waals surface area contributed by atoms with Crippen molar-refractivity contribution in [2.75, 3.05) is 13.1 Å². The van der Waals surface area contributed by atoms with Gasteiger partial charge >= 0.3 is 0 Å². The molecule has 1 unspecified atom stereocenters. The first-order valence-corrected chi connectivity index (χ1v) is 5.03. The molecule has 1 heteroatoms. The van der Waals surface area contributed by atoms with E-state index in [9.17, 15) is 0 Å². The first-order valence-electron chi connectivity index (χ1n) is 5.03. The van der Waals surface area contributed by atoms with Crippen LogP contribution in [0.1, 0.15) is 24.8 Å². The van der Waals surface area contributed by atoms with Gasteiger partial charge in [-0.2, -0.15) is 0 Å². The highest BCUT2D eigenvalue weighted by molar-refractivity contribution is 5.18. The van der Waals surface area contributed by atoms with E-state index in [1.807, 2.05) is 6.07 Å². The van der Waals surface area contributed by atoms with Crippen LogP contribution in [-0.4, -0.2) is 13.1 Å². The molecule has 0 saturated carbocycles. The fourth-order valence-electron chi connectivity index (χ4n) is 1.43. The third-order valence-electron chi connectivity index (χ3n) is 2.35. The van der Waals surface area contributed by atoms with E-state index in [1.165, 1.54) is 5.56 Å². The van der Waals surface area contributed by atoms with E-state index in [-0.39, 0.29) is 0 Å². The Morgan fingerprint density at radius 1 is 1.36 bits per heavy atom. The summed E-state index contributed by atoms with van der Waals surface area (Å²) in [5.74, 6) is 3.17. The molecule has 0 bridgehead atoms. The van der Waals surface area contributed by atoms with Gasteiger partial charge in [-0.25, -0.2) is 0 Å².